The van der Waals surface area contributed by atoms with E-state index in [1.54, 1.807) is 20.8 Å². The van der Waals surface area contributed by atoms with Gasteiger partial charge in [-0.1, -0.05) is 12.1 Å². The number of methoxy groups -OCH3 is 1. The van der Waals surface area contributed by atoms with E-state index < -0.39 is 35.1 Å². The van der Waals surface area contributed by atoms with Gasteiger partial charge in [0.25, 0.3) is 0 Å². The molecule has 23 heavy (non-hydrogen) atoms. The number of halogens is 1. The van der Waals surface area contributed by atoms with Gasteiger partial charge in [0.2, 0.25) is 5.60 Å². The van der Waals surface area contributed by atoms with Crippen molar-refractivity contribution < 1.29 is 28.6 Å². The predicted octanol–water partition coefficient (Wildman–Crippen LogP) is 2.10. The molecule has 1 aromatic rings. The van der Waals surface area contributed by atoms with Crippen molar-refractivity contribution in [3.05, 3.63) is 35.6 Å². The largest absolute Gasteiger partial charge is 0.467 e. The highest BCUT2D eigenvalue weighted by atomic mass is 19.1. The molecule has 0 radical (unpaired) electrons. The molecule has 1 amide bonds. The van der Waals surface area contributed by atoms with E-state index in [1.807, 2.05) is 0 Å². The summed E-state index contributed by atoms with van der Waals surface area (Å²) in [4.78, 5) is 23.9. The highest BCUT2D eigenvalue weighted by Gasteiger charge is 2.46. The molecule has 0 aliphatic rings. The first-order chi connectivity index (χ1) is 10.5. The standard InChI is InChI=1S/C16H22FNO5/c1-10(18-14(20)23-15(2,3)4)16(21,13(19)22-5)11-7-6-8-12(17)9-11/h6-10,21H,1-5H3,(H,18,20)/t10-,16-/m1/s1. The van der Waals surface area contributed by atoms with E-state index in [2.05, 4.69) is 10.1 Å². The summed E-state index contributed by atoms with van der Waals surface area (Å²) in [5.74, 6) is -1.65. The molecule has 0 aliphatic carbocycles. The topological polar surface area (TPSA) is 84.9 Å². The van der Waals surface area contributed by atoms with Crippen LogP contribution in [-0.4, -0.2) is 35.9 Å². The quantitative estimate of drug-likeness (QED) is 0.827. The Kier molecular flexibility index (Phi) is 5.71. The molecule has 128 valence electrons. The number of alkyl carbamates (subject to hydrolysis) is 1. The Balaban J connectivity index is 3.11. The molecule has 2 N–H and O–H groups in total. The van der Waals surface area contributed by atoms with Crippen molar-refractivity contribution in [3.8, 4) is 0 Å². The zero-order valence-electron chi connectivity index (χ0n) is 13.8. The molecule has 0 aromatic heterocycles. The lowest BCUT2D eigenvalue weighted by Crippen LogP contribution is -2.54. The summed E-state index contributed by atoms with van der Waals surface area (Å²) in [6.45, 7) is 6.43. The predicted molar refractivity (Wildman–Crippen MR) is 81.1 cm³/mol. The number of hydrogen-bond donors (Lipinski definition) is 2. The number of esters is 1. The fourth-order valence-electron chi connectivity index (χ4n) is 2.01. The molecule has 0 aliphatic heterocycles. The second-order valence-electron chi connectivity index (χ2n) is 6.14. The molecule has 0 heterocycles. The van der Waals surface area contributed by atoms with E-state index in [9.17, 15) is 19.1 Å². The number of carbonyl (C=O) groups excluding carboxylic acids is 2. The smallest absolute Gasteiger partial charge is 0.407 e. The highest BCUT2D eigenvalue weighted by Crippen LogP contribution is 2.27. The van der Waals surface area contributed by atoms with Gasteiger partial charge in [0.05, 0.1) is 13.2 Å². The van der Waals surface area contributed by atoms with Crippen LogP contribution in [0.25, 0.3) is 0 Å². The molecule has 0 fully saturated rings. The van der Waals surface area contributed by atoms with Crippen LogP contribution in [0.1, 0.15) is 33.3 Å². The molecule has 0 saturated heterocycles. The molecule has 1 rings (SSSR count). The fraction of sp³-hybridized carbons (Fsp3) is 0.500. The van der Waals surface area contributed by atoms with E-state index >= 15 is 0 Å². The normalized spacial score (nSPS) is 15.3. The third kappa shape index (κ3) is 4.66. The Labute approximate surface area is 134 Å². The van der Waals surface area contributed by atoms with Gasteiger partial charge in [-0.05, 0) is 45.4 Å². The van der Waals surface area contributed by atoms with Crippen LogP contribution in [-0.2, 0) is 19.9 Å². The van der Waals surface area contributed by atoms with Crippen LogP contribution < -0.4 is 5.32 Å². The van der Waals surface area contributed by atoms with E-state index in [1.165, 1.54) is 25.1 Å². The van der Waals surface area contributed by atoms with Gasteiger partial charge in [-0.15, -0.1) is 0 Å². The summed E-state index contributed by atoms with van der Waals surface area (Å²) in [6.07, 6.45) is -0.816. The number of aliphatic hydroxyl groups is 1. The van der Waals surface area contributed by atoms with Gasteiger partial charge in [0.1, 0.15) is 11.4 Å². The molecule has 1 aromatic carbocycles. The second-order valence-corrected chi connectivity index (χ2v) is 6.14. The lowest BCUT2D eigenvalue weighted by Gasteiger charge is -2.32. The molecule has 0 saturated carbocycles. The number of amides is 1. The summed E-state index contributed by atoms with van der Waals surface area (Å²) in [5.41, 5.74) is -3.03. The fourth-order valence-corrected chi connectivity index (χ4v) is 2.01. The molecule has 6 nitrogen and oxygen atoms in total. The van der Waals surface area contributed by atoms with Crippen LogP contribution in [0.3, 0.4) is 0 Å². The van der Waals surface area contributed by atoms with Crippen LogP contribution in [0, 0.1) is 5.82 Å². The zero-order valence-corrected chi connectivity index (χ0v) is 13.8. The first kappa shape index (κ1) is 18.9. The minimum Gasteiger partial charge on any atom is -0.467 e. The third-order valence-electron chi connectivity index (χ3n) is 3.12. The molecule has 2 atom stereocenters. The molecular weight excluding hydrogens is 305 g/mol. The molecule has 0 bridgehead atoms. The Morgan fingerprint density at radius 1 is 1.30 bits per heavy atom. The first-order valence-electron chi connectivity index (χ1n) is 7.07. The zero-order chi connectivity index (χ0) is 17.8. The van der Waals surface area contributed by atoms with Crippen molar-refractivity contribution in [1.29, 1.82) is 0 Å². The van der Waals surface area contributed by atoms with Gasteiger partial charge < -0.3 is 19.9 Å². The SMILES string of the molecule is COC(=O)[C@](O)(c1cccc(F)c1)[C@@H](C)NC(=O)OC(C)(C)C. The van der Waals surface area contributed by atoms with E-state index in [4.69, 9.17) is 4.74 Å². The number of hydrogen-bond acceptors (Lipinski definition) is 5. The number of ether oxygens (including phenoxy) is 2. The minimum absolute atomic E-state index is 0.0343. The van der Waals surface area contributed by atoms with Gasteiger partial charge in [0.15, 0.2) is 0 Å². The average Bonchev–Trinajstić information content (AvgIpc) is 2.43. The minimum atomic E-state index is -2.26. The maximum Gasteiger partial charge on any atom is 0.407 e. The summed E-state index contributed by atoms with van der Waals surface area (Å²) < 4.78 is 23.1. The number of rotatable bonds is 4. The Morgan fingerprint density at radius 2 is 1.91 bits per heavy atom. The molecule has 0 unspecified atom stereocenters. The summed E-state index contributed by atoms with van der Waals surface area (Å²) in [6, 6.07) is 3.77. The maximum atomic E-state index is 13.4. The number of carbonyl (C=O) groups is 2. The average molecular weight is 327 g/mol. The van der Waals surface area contributed by atoms with E-state index in [-0.39, 0.29) is 5.56 Å². The second kappa shape index (κ2) is 6.95. The van der Waals surface area contributed by atoms with Crippen LogP contribution in [0.15, 0.2) is 24.3 Å². The van der Waals surface area contributed by atoms with E-state index in [0.717, 1.165) is 13.2 Å². The van der Waals surface area contributed by atoms with Gasteiger partial charge in [0, 0.05) is 0 Å². The summed E-state index contributed by atoms with van der Waals surface area (Å²) in [5, 5.41) is 13.2. The van der Waals surface area contributed by atoms with Crippen molar-refractivity contribution in [2.24, 2.45) is 0 Å². The molecule has 0 spiro atoms. The van der Waals surface area contributed by atoms with Gasteiger partial charge in [-0.25, -0.2) is 14.0 Å². The van der Waals surface area contributed by atoms with Crippen molar-refractivity contribution in [2.45, 2.75) is 44.9 Å². The van der Waals surface area contributed by atoms with Gasteiger partial charge in [-0.2, -0.15) is 0 Å². The van der Waals surface area contributed by atoms with E-state index in [0.29, 0.717) is 0 Å². The van der Waals surface area contributed by atoms with Crippen LogP contribution >= 0.6 is 0 Å². The number of nitrogens with one attached hydrogen (secondary N) is 1. The van der Waals surface area contributed by atoms with Crippen molar-refractivity contribution >= 4 is 12.1 Å². The van der Waals surface area contributed by atoms with Crippen molar-refractivity contribution in [2.75, 3.05) is 7.11 Å². The monoisotopic (exact) mass is 327 g/mol. The van der Waals surface area contributed by atoms with Crippen molar-refractivity contribution in [1.82, 2.24) is 5.32 Å². The number of benzene rings is 1. The summed E-state index contributed by atoms with van der Waals surface area (Å²) >= 11 is 0. The van der Waals surface area contributed by atoms with Crippen LogP contribution in [0.4, 0.5) is 9.18 Å². The highest BCUT2D eigenvalue weighted by molar-refractivity contribution is 5.83. The van der Waals surface area contributed by atoms with Gasteiger partial charge in [-0.3, -0.25) is 0 Å². The van der Waals surface area contributed by atoms with Gasteiger partial charge >= 0.3 is 12.1 Å². The van der Waals surface area contributed by atoms with Crippen molar-refractivity contribution in [3.63, 3.8) is 0 Å². The summed E-state index contributed by atoms with van der Waals surface area (Å²) in [7, 11) is 1.09. The molecule has 7 heteroatoms. The molecular formula is C16H22FNO5. The lowest BCUT2D eigenvalue weighted by atomic mass is 9.87. The third-order valence-corrected chi connectivity index (χ3v) is 3.12. The Hall–Kier alpha value is -2.15. The maximum absolute atomic E-state index is 13.4. The first-order valence-corrected chi connectivity index (χ1v) is 7.07. The van der Waals surface area contributed by atoms with Crippen LogP contribution in [0.2, 0.25) is 0 Å². The Bertz CT molecular complexity index is 584. The van der Waals surface area contributed by atoms with Crippen LogP contribution in [0.5, 0.6) is 0 Å². The lowest BCUT2D eigenvalue weighted by molar-refractivity contribution is -0.166. The Morgan fingerprint density at radius 3 is 2.39 bits per heavy atom.